The molecule has 1 aliphatic heterocycles. The molecule has 0 bridgehead atoms. The summed E-state index contributed by atoms with van der Waals surface area (Å²) in [6.07, 6.45) is 6.43. The van der Waals surface area contributed by atoms with Crippen molar-refractivity contribution in [3.63, 3.8) is 0 Å². The first kappa shape index (κ1) is 11.5. The highest BCUT2D eigenvalue weighted by molar-refractivity contribution is 6.41. The van der Waals surface area contributed by atoms with Crippen molar-refractivity contribution in [2.45, 2.75) is 12.8 Å². The second-order valence-corrected chi connectivity index (χ2v) is 5.61. The van der Waals surface area contributed by atoms with E-state index in [0.29, 0.717) is 10.2 Å². The van der Waals surface area contributed by atoms with Crippen molar-refractivity contribution in [2.75, 3.05) is 13.1 Å². The van der Waals surface area contributed by atoms with Crippen molar-refractivity contribution in [1.29, 1.82) is 0 Å². The van der Waals surface area contributed by atoms with E-state index in [1.807, 2.05) is 12.3 Å². The average molecular weight is 269 g/mol. The van der Waals surface area contributed by atoms with E-state index < -0.39 is 0 Å². The zero-order valence-electron chi connectivity index (χ0n) is 9.42. The topological polar surface area (TPSA) is 24.9 Å². The number of pyridine rings is 1. The van der Waals surface area contributed by atoms with Gasteiger partial charge in [-0.25, -0.2) is 4.98 Å². The number of nitrogens with one attached hydrogen (secondary N) is 1. The van der Waals surface area contributed by atoms with E-state index >= 15 is 0 Å². The molecule has 1 aromatic rings. The van der Waals surface area contributed by atoms with Crippen LogP contribution in [0.15, 0.2) is 18.3 Å². The molecule has 0 amide bonds. The Kier molecular flexibility index (Phi) is 3.12. The van der Waals surface area contributed by atoms with Crippen LogP contribution in [0.4, 0.5) is 0 Å². The highest BCUT2D eigenvalue weighted by Crippen LogP contribution is 2.37. The second-order valence-electron chi connectivity index (χ2n) is 4.84. The molecular weight excluding hydrogens is 255 g/mol. The molecule has 4 heteroatoms. The molecule has 0 saturated carbocycles. The van der Waals surface area contributed by atoms with E-state index in [0.717, 1.165) is 43.3 Å². The zero-order chi connectivity index (χ0) is 11.8. The molecule has 90 valence electrons. The van der Waals surface area contributed by atoms with E-state index in [4.69, 9.17) is 23.2 Å². The van der Waals surface area contributed by atoms with Gasteiger partial charge >= 0.3 is 0 Å². The molecule has 0 radical (unpaired) electrons. The van der Waals surface area contributed by atoms with Crippen molar-refractivity contribution in [2.24, 2.45) is 11.8 Å². The van der Waals surface area contributed by atoms with Crippen molar-refractivity contribution < 1.29 is 0 Å². The molecule has 1 fully saturated rings. The Morgan fingerprint density at radius 1 is 1.24 bits per heavy atom. The van der Waals surface area contributed by atoms with Crippen LogP contribution in [0.1, 0.15) is 18.4 Å². The Morgan fingerprint density at radius 2 is 2.06 bits per heavy atom. The highest BCUT2D eigenvalue weighted by Gasteiger charge is 2.30. The summed E-state index contributed by atoms with van der Waals surface area (Å²) in [7, 11) is 0. The van der Waals surface area contributed by atoms with Crippen molar-refractivity contribution in [3.8, 4) is 0 Å². The number of allylic oxidation sites excluding steroid dienone is 2. The lowest BCUT2D eigenvalue weighted by Gasteiger charge is -2.24. The second kappa shape index (κ2) is 4.60. The molecule has 0 spiro atoms. The third kappa shape index (κ3) is 2.22. The summed E-state index contributed by atoms with van der Waals surface area (Å²) in [5.41, 5.74) is 2.48. The Hall–Kier alpha value is -0.570. The highest BCUT2D eigenvalue weighted by atomic mass is 35.5. The minimum atomic E-state index is 0.382. The largest absolute Gasteiger partial charge is 0.316 e. The van der Waals surface area contributed by atoms with Crippen LogP contribution >= 0.6 is 23.2 Å². The fourth-order valence-electron chi connectivity index (χ4n) is 2.79. The van der Waals surface area contributed by atoms with E-state index in [2.05, 4.69) is 16.4 Å². The Morgan fingerprint density at radius 3 is 2.88 bits per heavy atom. The molecule has 1 N–H and O–H groups in total. The maximum atomic E-state index is 6.01. The minimum absolute atomic E-state index is 0.382. The van der Waals surface area contributed by atoms with Gasteiger partial charge in [0.15, 0.2) is 0 Å². The number of rotatable bonds is 1. The van der Waals surface area contributed by atoms with Gasteiger partial charge < -0.3 is 5.32 Å². The standard InChI is InChI=1S/C13H14Cl2N2/c14-12-4-11(7-17-13(12)15)8-1-2-9-5-16-6-10(9)3-8/h1,4,7,9-10,16H,2-3,5-6H2/t9-,10+/m1/s1. The number of hydrogen-bond donors (Lipinski definition) is 1. The first-order chi connectivity index (χ1) is 8.24. The summed E-state index contributed by atoms with van der Waals surface area (Å²) in [6, 6.07) is 1.92. The molecule has 1 aliphatic carbocycles. The Labute approximate surface area is 111 Å². The van der Waals surface area contributed by atoms with Crippen LogP contribution in [0.5, 0.6) is 0 Å². The van der Waals surface area contributed by atoms with Crippen LogP contribution in [0.2, 0.25) is 10.2 Å². The molecule has 2 heterocycles. The zero-order valence-corrected chi connectivity index (χ0v) is 10.9. The number of fused-ring (bicyclic) bond motifs is 1. The van der Waals surface area contributed by atoms with Gasteiger partial charge in [0.1, 0.15) is 5.15 Å². The van der Waals surface area contributed by atoms with Gasteiger partial charge in [-0.3, -0.25) is 0 Å². The maximum Gasteiger partial charge on any atom is 0.147 e. The monoisotopic (exact) mass is 268 g/mol. The van der Waals surface area contributed by atoms with Crippen LogP contribution in [-0.2, 0) is 0 Å². The summed E-state index contributed by atoms with van der Waals surface area (Å²) < 4.78 is 0. The average Bonchev–Trinajstić information content (AvgIpc) is 2.79. The van der Waals surface area contributed by atoms with Gasteiger partial charge in [-0.15, -0.1) is 0 Å². The van der Waals surface area contributed by atoms with Gasteiger partial charge in [0.05, 0.1) is 5.02 Å². The predicted octanol–water partition coefficient (Wildman–Crippen LogP) is 3.40. The van der Waals surface area contributed by atoms with E-state index in [9.17, 15) is 0 Å². The number of aromatic nitrogens is 1. The van der Waals surface area contributed by atoms with Crippen LogP contribution in [-0.4, -0.2) is 18.1 Å². The molecule has 17 heavy (non-hydrogen) atoms. The number of hydrogen-bond acceptors (Lipinski definition) is 2. The SMILES string of the molecule is Clc1cc(C2=CC[C@@H]3CNC[C@@H]3C2)cnc1Cl. The smallest absolute Gasteiger partial charge is 0.147 e. The van der Waals surface area contributed by atoms with Crippen molar-refractivity contribution in [3.05, 3.63) is 34.1 Å². The summed E-state index contributed by atoms with van der Waals surface area (Å²) in [4.78, 5) is 4.12. The molecular formula is C13H14Cl2N2. The van der Waals surface area contributed by atoms with Gasteiger partial charge in [-0.05, 0) is 55.0 Å². The Bertz CT molecular complexity index is 470. The molecule has 2 atom stereocenters. The van der Waals surface area contributed by atoms with Gasteiger partial charge in [0.25, 0.3) is 0 Å². The summed E-state index contributed by atoms with van der Waals surface area (Å²) >= 11 is 11.8. The summed E-state index contributed by atoms with van der Waals surface area (Å²) in [5, 5.41) is 4.38. The van der Waals surface area contributed by atoms with E-state index in [1.54, 1.807) is 0 Å². The lowest BCUT2D eigenvalue weighted by molar-refractivity contribution is 0.418. The lowest BCUT2D eigenvalue weighted by atomic mass is 9.80. The van der Waals surface area contributed by atoms with Crippen LogP contribution in [0.25, 0.3) is 5.57 Å². The maximum absolute atomic E-state index is 6.01. The third-order valence-electron chi connectivity index (χ3n) is 3.80. The normalized spacial score (nSPS) is 27.8. The van der Waals surface area contributed by atoms with Gasteiger partial charge in [-0.1, -0.05) is 29.3 Å². The van der Waals surface area contributed by atoms with Crippen LogP contribution in [0.3, 0.4) is 0 Å². The molecule has 0 aromatic carbocycles. The van der Waals surface area contributed by atoms with Crippen LogP contribution < -0.4 is 5.32 Å². The van der Waals surface area contributed by atoms with Crippen LogP contribution in [0, 0.1) is 11.8 Å². The lowest BCUT2D eigenvalue weighted by Crippen LogP contribution is -2.16. The molecule has 1 aromatic heterocycles. The number of nitrogens with zero attached hydrogens (tertiary/aromatic N) is 1. The van der Waals surface area contributed by atoms with Crippen molar-refractivity contribution in [1.82, 2.24) is 10.3 Å². The minimum Gasteiger partial charge on any atom is -0.316 e. The molecule has 1 saturated heterocycles. The molecule has 3 rings (SSSR count). The quantitative estimate of drug-likeness (QED) is 0.790. The fourth-order valence-corrected chi connectivity index (χ4v) is 3.06. The fraction of sp³-hybridized carbons (Fsp3) is 0.462. The summed E-state index contributed by atoms with van der Waals surface area (Å²) in [6.45, 7) is 2.30. The first-order valence-corrected chi connectivity index (χ1v) is 6.71. The molecule has 2 aliphatic rings. The number of halogens is 2. The Balaban J connectivity index is 1.86. The van der Waals surface area contributed by atoms with E-state index in [-0.39, 0.29) is 0 Å². The van der Waals surface area contributed by atoms with Gasteiger partial charge in [0, 0.05) is 6.20 Å². The van der Waals surface area contributed by atoms with Gasteiger partial charge in [-0.2, -0.15) is 0 Å². The van der Waals surface area contributed by atoms with Gasteiger partial charge in [0.2, 0.25) is 0 Å². The van der Waals surface area contributed by atoms with Crippen molar-refractivity contribution >= 4 is 28.8 Å². The molecule has 0 unspecified atom stereocenters. The third-order valence-corrected chi connectivity index (χ3v) is 4.48. The predicted molar refractivity (Wildman–Crippen MR) is 71.3 cm³/mol. The first-order valence-electron chi connectivity index (χ1n) is 5.95. The molecule has 2 nitrogen and oxygen atoms in total. The summed E-state index contributed by atoms with van der Waals surface area (Å²) in [5.74, 6) is 1.58. The van der Waals surface area contributed by atoms with E-state index in [1.165, 1.54) is 5.57 Å².